The zero-order valence-electron chi connectivity index (χ0n) is 29.6. The third-order valence-corrected chi connectivity index (χ3v) is 53.1. The standard InChI is InChI=1S/C27H63N9Si9/c1-19-37(10)28-38(11,20-2)30-40(13,22-4)32-42(15,24-6)34-44(17,26-8)36-45(18,27-9)35-43(16,25-7)33-41(14,23-5)31-39(12,21-3)29-37/h19-36H,1-9H2,10-18H3. The molecular formula is C27H63N9Si9. The van der Waals surface area contributed by atoms with E-state index >= 15 is 0 Å². The van der Waals surface area contributed by atoms with Crippen molar-refractivity contribution in [1.82, 2.24) is 41.8 Å². The van der Waals surface area contributed by atoms with Gasteiger partial charge in [0.1, 0.15) is 0 Å². The molecule has 45 heavy (non-hydrogen) atoms. The van der Waals surface area contributed by atoms with Crippen molar-refractivity contribution in [3.8, 4) is 0 Å². The summed E-state index contributed by atoms with van der Waals surface area (Å²) in [4.78, 5) is 0. The van der Waals surface area contributed by atoms with E-state index in [-0.39, 0.29) is 0 Å². The van der Waals surface area contributed by atoms with Gasteiger partial charge in [-0.05, 0) is 58.9 Å². The van der Waals surface area contributed by atoms with E-state index in [4.69, 9.17) is 0 Å². The molecule has 0 aromatic rings. The molecule has 1 saturated heterocycles. The molecule has 1 rings (SSSR count). The summed E-state index contributed by atoms with van der Waals surface area (Å²) >= 11 is 0. The molecule has 9 nitrogen and oxygen atoms in total. The van der Waals surface area contributed by atoms with Crippen molar-refractivity contribution in [1.29, 1.82) is 0 Å². The molecule has 0 aromatic carbocycles. The van der Waals surface area contributed by atoms with Gasteiger partial charge in [0, 0.05) is 0 Å². The molecule has 0 bridgehead atoms. The first-order valence-corrected chi connectivity index (χ1v) is 38.5. The van der Waals surface area contributed by atoms with Crippen LogP contribution in [0.3, 0.4) is 0 Å². The summed E-state index contributed by atoms with van der Waals surface area (Å²) in [6.45, 7) is 59.0. The fourth-order valence-corrected chi connectivity index (χ4v) is 59.6. The lowest BCUT2D eigenvalue weighted by Crippen LogP contribution is -2.88. The smallest absolute Gasteiger partial charge is 0.212 e. The first-order chi connectivity index (χ1) is 20.4. The van der Waals surface area contributed by atoms with Crippen LogP contribution in [0.2, 0.25) is 58.9 Å². The molecule has 0 radical (unpaired) electrons. The minimum Gasteiger partial charge on any atom is -0.330 e. The maximum absolute atomic E-state index is 4.30. The maximum atomic E-state index is 4.30. The van der Waals surface area contributed by atoms with Gasteiger partial charge in [0.15, 0.2) is 0 Å². The van der Waals surface area contributed by atoms with E-state index in [1.54, 1.807) is 0 Å². The summed E-state index contributed by atoms with van der Waals surface area (Å²) in [6, 6.07) is 0. The van der Waals surface area contributed by atoms with Crippen LogP contribution in [0, 0.1) is 0 Å². The summed E-state index contributed by atoms with van der Waals surface area (Å²) in [7, 11) is -22.5. The molecule has 0 amide bonds. The second-order valence-electron chi connectivity index (χ2n) is 13.8. The molecule has 1 aliphatic rings. The van der Waals surface area contributed by atoms with Gasteiger partial charge in [-0.2, -0.15) is 0 Å². The molecule has 0 spiro atoms. The SMILES string of the molecule is C=C[Si]1(C)N[Si](C)(C=C)N[Si](C)(C=C)N[Si](C)(C=C)N[Si](C)(C=C)N[Si](C)(C=C)N[Si](C)(C=C)N[Si](C)(C=C)N[Si](C)(C=C)N1. The minimum absolute atomic E-state index is 2.07. The second-order valence-corrected chi connectivity index (χ2v) is 48.1. The highest BCUT2D eigenvalue weighted by atomic mass is 28.5. The molecule has 252 valence electrons. The quantitative estimate of drug-likeness (QED) is 0.163. The topological polar surface area (TPSA) is 108 Å². The zero-order chi connectivity index (χ0) is 35.2. The van der Waals surface area contributed by atoms with E-state index in [1.807, 2.05) is 0 Å². The molecular weight excluding hydrogens is 703 g/mol. The van der Waals surface area contributed by atoms with Crippen molar-refractivity contribution in [2.75, 3.05) is 0 Å². The lowest BCUT2D eigenvalue weighted by molar-refractivity contribution is 1.08. The molecule has 1 aliphatic heterocycles. The summed E-state index contributed by atoms with van der Waals surface area (Å²) < 4.78 is 36.5. The molecule has 0 atom stereocenters. The van der Waals surface area contributed by atoms with Gasteiger partial charge in [-0.3, -0.25) is 0 Å². The summed E-state index contributed by atoms with van der Waals surface area (Å²) in [6.07, 6.45) is 0. The van der Waals surface area contributed by atoms with Crippen LogP contribution in [0.25, 0.3) is 0 Å². The Labute approximate surface area is 285 Å². The fourth-order valence-electron chi connectivity index (χ4n) is 6.05. The van der Waals surface area contributed by atoms with Gasteiger partial charge in [-0.1, -0.05) is 51.3 Å². The third kappa shape index (κ3) is 11.4. The number of nitrogens with one attached hydrogen (secondary N) is 9. The number of hydrogen-bond donors (Lipinski definition) is 9. The molecule has 18 heteroatoms. The number of rotatable bonds is 9. The van der Waals surface area contributed by atoms with E-state index in [2.05, 4.69) is 211 Å². The third-order valence-electron chi connectivity index (χ3n) is 8.35. The molecule has 0 saturated carbocycles. The first-order valence-electron chi connectivity index (χ1n) is 15.3. The highest BCUT2D eigenvalue weighted by Crippen LogP contribution is 2.17. The first kappa shape index (κ1) is 42.3. The Balaban J connectivity index is 4.05. The number of hydrogen-bond acceptors (Lipinski definition) is 9. The van der Waals surface area contributed by atoms with Crippen molar-refractivity contribution in [3.05, 3.63) is 111 Å². The fraction of sp³-hybridized carbons (Fsp3) is 0.333. The monoisotopic (exact) mass is 765 g/mol. The Hall–Kier alpha value is -0.748. The molecule has 1 heterocycles. The van der Waals surface area contributed by atoms with Crippen LogP contribution in [-0.2, 0) is 0 Å². The van der Waals surface area contributed by atoms with Crippen LogP contribution in [-0.4, -0.2) is 75.6 Å². The van der Waals surface area contributed by atoms with E-state index in [0.717, 1.165) is 0 Å². The highest BCUT2D eigenvalue weighted by Gasteiger charge is 2.50. The highest BCUT2D eigenvalue weighted by molar-refractivity contribution is 7.11. The van der Waals surface area contributed by atoms with Crippen LogP contribution in [0.1, 0.15) is 0 Å². The van der Waals surface area contributed by atoms with Crippen LogP contribution in [0.4, 0.5) is 0 Å². The maximum Gasteiger partial charge on any atom is 0.212 e. The summed E-state index contributed by atoms with van der Waals surface area (Å²) in [5, 5.41) is 0. The van der Waals surface area contributed by atoms with Gasteiger partial charge in [0.25, 0.3) is 0 Å². The Morgan fingerprint density at radius 3 is 0.333 bits per heavy atom. The lowest BCUT2D eigenvalue weighted by Gasteiger charge is -2.49. The van der Waals surface area contributed by atoms with E-state index in [1.165, 1.54) is 0 Å². The van der Waals surface area contributed by atoms with Gasteiger partial charge < -0.3 is 41.8 Å². The molecule has 9 N–H and O–H groups in total. The van der Waals surface area contributed by atoms with Crippen molar-refractivity contribution in [2.45, 2.75) is 58.9 Å². The van der Waals surface area contributed by atoms with Crippen molar-refractivity contribution < 1.29 is 0 Å². The van der Waals surface area contributed by atoms with Gasteiger partial charge in [-0.15, -0.1) is 59.2 Å². The zero-order valence-corrected chi connectivity index (χ0v) is 38.6. The Morgan fingerprint density at radius 1 is 0.222 bits per heavy atom. The normalized spacial score (nSPS) is 45.8. The van der Waals surface area contributed by atoms with Gasteiger partial charge >= 0.3 is 0 Å². The summed E-state index contributed by atoms with van der Waals surface area (Å²) in [5.41, 5.74) is 18.6. The van der Waals surface area contributed by atoms with Gasteiger partial charge in [0.2, 0.25) is 75.6 Å². The van der Waals surface area contributed by atoms with E-state index in [9.17, 15) is 0 Å². The van der Waals surface area contributed by atoms with Crippen LogP contribution >= 0.6 is 0 Å². The second kappa shape index (κ2) is 15.2. The van der Waals surface area contributed by atoms with Crippen LogP contribution in [0.5, 0.6) is 0 Å². The predicted molar refractivity (Wildman–Crippen MR) is 225 cm³/mol. The molecule has 0 aliphatic carbocycles. The molecule has 0 aromatic heterocycles. The van der Waals surface area contributed by atoms with Crippen molar-refractivity contribution in [2.24, 2.45) is 0 Å². The average Bonchev–Trinajstić information content (AvgIpc) is 2.95. The Kier molecular flexibility index (Phi) is 14.3. The summed E-state index contributed by atoms with van der Waals surface area (Å²) in [5.74, 6) is 0. The Bertz CT molecular complexity index is 891. The van der Waals surface area contributed by atoms with Gasteiger partial charge in [-0.25, -0.2) is 0 Å². The predicted octanol–water partition coefficient (Wildman–Crippen LogP) is 3.48. The minimum atomic E-state index is -2.50. The van der Waals surface area contributed by atoms with Crippen molar-refractivity contribution in [3.63, 3.8) is 0 Å². The van der Waals surface area contributed by atoms with Crippen LogP contribution in [0.15, 0.2) is 111 Å². The largest absolute Gasteiger partial charge is 0.330 e. The Morgan fingerprint density at radius 2 is 0.289 bits per heavy atom. The molecule has 1 fully saturated rings. The molecule has 0 unspecified atom stereocenters. The van der Waals surface area contributed by atoms with Crippen LogP contribution < -0.4 is 41.8 Å². The van der Waals surface area contributed by atoms with E-state index < -0.39 is 75.6 Å². The van der Waals surface area contributed by atoms with Gasteiger partial charge in [0.05, 0.1) is 0 Å². The van der Waals surface area contributed by atoms with Crippen molar-refractivity contribution >= 4 is 75.6 Å². The average molecular weight is 767 g/mol. The van der Waals surface area contributed by atoms with E-state index in [0.29, 0.717) is 0 Å². The lowest BCUT2D eigenvalue weighted by atomic mass is 11.3.